The number of nitro benzene ring substituents is 1. The third-order valence-electron chi connectivity index (χ3n) is 3.96. The molecule has 11 heteroatoms. The van der Waals surface area contributed by atoms with E-state index in [9.17, 15) is 23.3 Å². The standard InChI is InChI=1S/C13H15N3O7S/c1-8(24(20,21)15-3-2-14-6-13(15)17)9-4-11-12(23-7-22-11)5-10(9)16(18)19/h4-5,8,14H,2-3,6-7H2,1H3. The largest absolute Gasteiger partial charge is 0.454 e. The van der Waals surface area contributed by atoms with Crippen LogP contribution in [0.3, 0.4) is 0 Å². The number of sulfonamides is 1. The van der Waals surface area contributed by atoms with Gasteiger partial charge >= 0.3 is 0 Å². The molecular weight excluding hydrogens is 342 g/mol. The Bertz CT molecular complexity index is 808. The Balaban J connectivity index is 2.04. The van der Waals surface area contributed by atoms with Crippen LogP contribution in [0.15, 0.2) is 12.1 Å². The number of nitro groups is 1. The lowest BCUT2D eigenvalue weighted by molar-refractivity contribution is -0.385. The lowest BCUT2D eigenvalue weighted by Crippen LogP contribution is -2.51. The molecule has 0 radical (unpaired) electrons. The van der Waals surface area contributed by atoms with E-state index in [2.05, 4.69) is 5.32 Å². The van der Waals surface area contributed by atoms with Gasteiger partial charge in [-0.2, -0.15) is 0 Å². The third-order valence-corrected chi connectivity index (χ3v) is 6.10. The smallest absolute Gasteiger partial charge is 0.277 e. The highest BCUT2D eigenvalue weighted by Gasteiger charge is 2.38. The first kappa shape index (κ1) is 16.5. The van der Waals surface area contributed by atoms with Crippen LogP contribution < -0.4 is 14.8 Å². The van der Waals surface area contributed by atoms with Crippen molar-refractivity contribution < 1.29 is 27.6 Å². The van der Waals surface area contributed by atoms with Crippen LogP contribution in [-0.4, -0.2) is 50.0 Å². The summed E-state index contributed by atoms with van der Waals surface area (Å²) in [5.41, 5.74) is -0.437. The minimum absolute atomic E-state index is 0.0101. The zero-order valence-corrected chi connectivity index (χ0v) is 13.5. The molecule has 1 saturated heterocycles. The first-order chi connectivity index (χ1) is 11.3. The van der Waals surface area contributed by atoms with E-state index < -0.39 is 31.8 Å². The maximum atomic E-state index is 12.8. The molecule has 0 spiro atoms. The number of fused-ring (bicyclic) bond motifs is 1. The molecule has 130 valence electrons. The Morgan fingerprint density at radius 3 is 2.62 bits per heavy atom. The van der Waals surface area contributed by atoms with Crippen molar-refractivity contribution in [1.82, 2.24) is 9.62 Å². The number of amides is 1. The van der Waals surface area contributed by atoms with Gasteiger partial charge < -0.3 is 14.8 Å². The molecule has 2 aliphatic rings. The molecule has 1 fully saturated rings. The summed E-state index contributed by atoms with van der Waals surface area (Å²) >= 11 is 0. The number of hydrogen-bond donors (Lipinski definition) is 1. The van der Waals surface area contributed by atoms with Crippen molar-refractivity contribution in [3.63, 3.8) is 0 Å². The molecule has 1 atom stereocenters. The zero-order valence-electron chi connectivity index (χ0n) is 12.7. The Morgan fingerprint density at radius 1 is 1.33 bits per heavy atom. The van der Waals surface area contributed by atoms with Gasteiger partial charge in [0.1, 0.15) is 5.25 Å². The average Bonchev–Trinajstić information content (AvgIpc) is 3.00. The minimum Gasteiger partial charge on any atom is -0.454 e. The van der Waals surface area contributed by atoms with Gasteiger partial charge in [-0.25, -0.2) is 12.7 Å². The van der Waals surface area contributed by atoms with E-state index in [0.29, 0.717) is 6.54 Å². The number of hydrogen-bond acceptors (Lipinski definition) is 8. The van der Waals surface area contributed by atoms with E-state index in [-0.39, 0.29) is 36.9 Å². The van der Waals surface area contributed by atoms with E-state index in [1.54, 1.807) is 0 Å². The first-order valence-electron chi connectivity index (χ1n) is 7.15. The molecule has 1 aromatic carbocycles. The van der Waals surface area contributed by atoms with Crippen molar-refractivity contribution in [2.24, 2.45) is 0 Å². The summed E-state index contributed by atoms with van der Waals surface area (Å²) in [4.78, 5) is 22.5. The predicted molar refractivity (Wildman–Crippen MR) is 81.1 cm³/mol. The molecule has 1 unspecified atom stereocenters. The number of nitrogens with one attached hydrogen (secondary N) is 1. The normalized spacial score (nSPS) is 18.5. The minimum atomic E-state index is -4.09. The summed E-state index contributed by atoms with van der Waals surface area (Å²) in [5.74, 6) is -0.158. The summed E-state index contributed by atoms with van der Waals surface area (Å²) in [6.45, 7) is 1.46. The SMILES string of the molecule is CC(c1cc2c(cc1[N+](=O)[O-])OCO2)S(=O)(=O)N1CCNCC1=O. The molecule has 3 rings (SSSR count). The number of piperazine rings is 1. The van der Waals surface area contributed by atoms with E-state index >= 15 is 0 Å². The number of benzene rings is 1. The van der Waals surface area contributed by atoms with Gasteiger partial charge in [-0.15, -0.1) is 0 Å². The summed E-state index contributed by atoms with van der Waals surface area (Å²) in [5, 5.41) is 12.8. The fourth-order valence-electron chi connectivity index (χ4n) is 2.64. The van der Waals surface area contributed by atoms with Crippen molar-refractivity contribution in [1.29, 1.82) is 0 Å². The summed E-state index contributed by atoms with van der Waals surface area (Å²) in [7, 11) is -4.09. The van der Waals surface area contributed by atoms with Crippen molar-refractivity contribution in [2.75, 3.05) is 26.4 Å². The van der Waals surface area contributed by atoms with Crippen molar-refractivity contribution in [2.45, 2.75) is 12.2 Å². The maximum absolute atomic E-state index is 12.8. The molecule has 0 bridgehead atoms. The fourth-order valence-corrected chi connectivity index (χ4v) is 4.23. The van der Waals surface area contributed by atoms with Gasteiger partial charge in [0.25, 0.3) is 5.69 Å². The molecule has 2 aliphatic heterocycles. The van der Waals surface area contributed by atoms with Crippen LogP contribution in [-0.2, 0) is 14.8 Å². The van der Waals surface area contributed by atoms with E-state index in [4.69, 9.17) is 9.47 Å². The Hall–Kier alpha value is -2.40. The van der Waals surface area contributed by atoms with Gasteiger partial charge in [0.15, 0.2) is 11.5 Å². The summed E-state index contributed by atoms with van der Waals surface area (Å²) in [6, 6.07) is 2.43. The van der Waals surface area contributed by atoms with Crippen LogP contribution in [0.25, 0.3) is 0 Å². The second-order valence-electron chi connectivity index (χ2n) is 5.35. The van der Waals surface area contributed by atoms with Gasteiger partial charge in [0.05, 0.1) is 23.1 Å². The Morgan fingerprint density at radius 2 is 2.00 bits per heavy atom. The van der Waals surface area contributed by atoms with Crippen molar-refractivity contribution in [3.8, 4) is 11.5 Å². The molecular formula is C13H15N3O7S. The third kappa shape index (κ3) is 2.65. The molecule has 24 heavy (non-hydrogen) atoms. The second kappa shape index (κ2) is 5.91. The summed E-state index contributed by atoms with van der Waals surface area (Å²) in [6.07, 6.45) is 0. The average molecular weight is 357 g/mol. The molecule has 0 saturated carbocycles. The maximum Gasteiger partial charge on any atom is 0.277 e. The highest BCUT2D eigenvalue weighted by molar-refractivity contribution is 7.89. The number of nitrogens with zero attached hydrogens (tertiary/aromatic N) is 2. The van der Waals surface area contributed by atoms with Gasteiger partial charge in [-0.05, 0) is 13.0 Å². The topological polar surface area (TPSA) is 128 Å². The highest BCUT2D eigenvalue weighted by Crippen LogP contribution is 2.42. The van der Waals surface area contributed by atoms with Gasteiger partial charge in [0, 0.05) is 13.1 Å². The van der Waals surface area contributed by atoms with E-state index in [1.807, 2.05) is 0 Å². The highest BCUT2D eigenvalue weighted by atomic mass is 32.2. The van der Waals surface area contributed by atoms with Crippen LogP contribution in [0, 0.1) is 10.1 Å². The monoisotopic (exact) mass is 357 g/mol. The first-order valence-corrected chi connectivity index (χ1v) is 8.65. The molecule has 0 aliphatic carbocycles. The number of rotatable bonds is 4. The molecule has 0 aromatic heterocycles. The van der Waals surface area contributed by atoms with E-state index in [0.717, 1.165) is 10.4 Å². The molecule has 2 heterocycles. The number of ether oxygens (including phenoxy) is 2. The summed E-state index contributed by atoms with van der Waals surface area (Å²) < 4.78 is 36.5. The Kier molecular flexibility index (Phi) is 4.05. The molecule has 1 amide bonds. The zero-order chi connectivity index (χ0) is 17.5. The van der Waals surface area contributed by atoms with Crippen LogP contribution in [0.4, 0.5) is 5.69 Å². The lowest BCUT2D eigenvalue weighted by Gasteiger charge is -2.29. The molecule has 10 nitrogen and oxygen atoms in total. The van der Waals surface area contributed by atoms with Crippen LogP contribution in [0.5, 0.6) is 11.5 Å². The molecule has 1 N–H and O–H groups in total. The van der Waals surface area contributed by atoms with Crippen molar-refractivity contribution in [3.05, 3.63) is 27.8 Å². The molecule has 1 aromatic rings. The van der Waals surface area contributed by atoms with E-state index in [1.165, 1.54) is 13.0 Å². The van der Waals surface area contributed by atoms with Gasteiger partial charge in [0.2, 0.25) is 22.7 Å². The van der Waals surface area contributed by atoms with Crippen LogP contribution in [0.2, 0.25) is 0 Å². The van der Waals surface area contributed by atoms with Crippen molar-refractivity contribution >= 4 is 21.6 Å². The van der Waals surface area contributed by atoms with Gasteiger partial charge in [-0.3, -0.25) is 14.9 Å². The Labute approximate surface area is 137 Å². The lowest BCUT2D eigenvalue weighted by atomic mass is 10.1. The fraction of sp³-hybridized carbons (Fsp3) is 0.462. The predicted octanol–water partition coefficient (Wildman–Crippen LogP) is 0.146. The van der Waals surface area contributed by atoms with Gasteiger partial charge in [-0.1, -0.05) is 0 Å². The van der Waals surface area contributed by atoms with Crippen LogP contribution in [0.1, 0.15) is 17.7 Å². The van der Waals surface area contributed by atoms with Crippen LogP contribution >= 0.6 is 0 Å². The quantitative estimate of drug-likeness (QED) is 0.595. The second-order valence-corrected chi connectivity index (χ2v) is 7.53. The number of carbonyl (C=O) groups excluding carboxylic acids is 1. The number of carbonyl (C=O) groups is 1.